The smallest absolute Gasteiger partial charge is 0.335 e. The molecule has 3 aromatic rings. The van der Waals surface area contributed by atoms with E-state index in [1.165, 1.54) is 18.2 Å². The predicted molar refractivity (Wildman–Crippen MR) is 135 cm³/mol. The minimum Gasteiger partial charge on any atom is -0.508 e. The second-order valence-corrected chi connectivity index (χ2v) is 8.47. The number of hydrogen-bond acceptors (Lipinski definition) is 6. The lowest BCUT2D eigenvalue weighted by Crippen LogP contribution is -2.32. The second-order valence-electron chi connectivity index (χ2n) is 8.47. The van der Waals surface area contributed by atoms with E-state index >= 15 is 0 Å². The Hall–Kier alpha value is -3.88. The molecule has 3 aromatic carbocycles. The highest BCUT2D eigenvalue weighted by molar-refractivity contribution is 5.92. The molecule has 0 saturated carbocycles. The van der Waals surface area contributed by atoms with Gasteiger partial charge in [-0.05, 0) is 88.2 Å². The van der Waals surface area contributed by atoms with Crippen molar-refractivity contribution in [2.45, 2.75) is 13.0 Å². The van der Waals surface area contributed by atoms with Crippen LogP contribution in [-0.2, 0) is 11.3 Å². The molecule has 0 aliphatic heterocycles. The van der Waals surface area contributed by atoms with Crippen LogP contribution in [0.15, 0.2) is 72.8 Å². The van der Waals surface area contributed by atoms with Crippen molar-refractivity contribution in [2.24, 2.45) is 0 Å². The molecule has 1 amide bonds. The number of hydrogen-bond donors (Lipinski definition) is 3. The molecule has 184 valence electrons. The summed E-state index contributed by atoms with van der Waals surface area (Å²) in [6.45, 7) is 2.13. The normalized spacial score (nSPS) is 11.0. The fraction of sp³-hybridized carbons (Fsp3) is 0.259. The van der Waals surface area contributed by atoms with Gasteiger partial charge in [-0.2, -0.15) is 0 Å². The van der Waals surface area contributed by atoms with Gasteiger partial charge in [0.1, 0.15) is 17.2 Å². The van der Waals surface area contributed by atoms with E-state index in [9.17, 15) is 14.7 Å². The number of amides is 1. The first kappa shape index (κ1) is 25.7. The molecule has 0 aliphatic carbocycles. The molecule has 0 atom stereocenters. The number of rotatable bonds is 12. The number of carbonyl (C=O) groups is 2. The Balaban J connectivity index is 1.38. The predicted octanol–water partition coefficient (Wildman–Crippen LogP) is 4.28. The Morgan fingerprint density at radius 1 is 0.886 bits per heavy atom. The topological polar surface area (TPSA) is 102 Å². The molecular formula is C27H31N3O5. The summed E-state index contributed by atoms with van der Waals surface area (Å²) in [7, 11) is 3.79. The van der Waals surface area contributed by atoms with Crippen LogP contribution < -0.4 is 10.1 Å². The standard InChI is InChI=1S/C27H31N3O5/c1-29(18-21-17-20(27(33)34)9-14-25(21)31)15-6-16-30(2)19-26(32)28-22-10-12-24(13-11-22)35-23-7-4-3-5-8-23/h3-5,7-14,17,31H,6,15-16,18-19H2,1-2H3,(H,28,32)(H,33,34). The molecule has 0 unspecified atom stereocenters. The highest BCUT2D eigenvalue weighted by atomic mass is 16.5. The molecule has 8 nitrogen and oxygen atoms in total. The van der Waals surface area contributed by atoms with Crippen LogP contribution in [0.1, 0.15) is 22.3 Å². The van der Waals surface area contributed by atoms with Crippen molar-refractivity contribution in [1.82, 2.24) is 9.80 Å². The molecule has 0 radical (unpaired) electrons. The van der Waals surface area contributed by atoms with Crippen molar-refractivity contribution in [2.75, 3.05) is 39.0 Å². The zero-order valence-electron chi connectivity index (χ0n) is 20.0. The third-order valence-corrected chi connectivity index (χ3v) is 5.38. The number of benzene rings is 3. The fourth-order valence-corrected chi connectivity index (χ4v) is 3.58. The summed E-state index contributed by atoms with van der Waals surface area (Å²) in [6, 6.07) is 21.0. The number of carboxylic acid groups (broad SMARTS) is 1. The summed E-state index contributed by atoms with van der Waals surface area (Å²) < 4.78 is 5.76. The Kier molecular flexibility index (Phi) is 9.23. The van der Waals surface area contributed by atoms with Crippen LogP contribution in [0.25, 0.3) is 0 Å². The molecule has 8 heteroatoms. The molecule has 3 N–H and O–H groups in total. The average molecular weight is 478 g/mol. The molecule has 3 rings (SSSR count). The number of nitrogens with one attached hydrogen (secondary N) is 1. The number of phenols is 1. The number of aromatic hydroxyl groups is 1. The highest BCUT2D eigenvalue weighted by Crippen LogP contribution is 2.23. The number of carbonyl (C=O) groups excluding carboxylic acids is 1. The maximum absolute atomic E-state index is 12.4. The maximum Gasteiger partial charge on any atom is 0.335 e. The molecule has 35 heavy (non-hydrogen) atoms. The minimum absolute atomic E-state index is 0.0790. The van der Waals surface area contributed by atoms with Gasteiger partial charge in [-0.25, -0.2) is 4.79 Å². The molecule has 0 spiro atoms. The molecule has 0 bridgehead atoms. The van der Waals surface area contributed by atoms with Gasteiger partial charge < -0.3 is 25.2 Å². The van der Waals surface area contributed by atoms with Crippen molar-refractivity contribution >= 4 is 17.6 Å². The van der Waals surface area contributed by atoms with E-state index in [0.717, 1.165) is 18.7 Å². The van der Waals surface area contributed by atoms with Gasteiger partial charge in [0.05, 0.1) is 12.1 Å². The quantitative estimate of drug-likeness (QED) is 0.358. The molecule has 0 heterocycles. The van der Waals surface area contributed by atoms with E-state index in [1.54, 1.807) is 12.1 Å². The largest absolute Gasteiger partial charge is 0.508 e. The van der Waals surface area contributed by atoms with Crippen molar-refractivity contribution < 1.29 is 24.5 Å². The monoisotopic (exact) mass is 477 g/mol. The van der Waals surface area contributed by atoms with Crippen LogP contribution in [0.5, 0.6) is 17.2 Å². The van der Waals surface area contributed by atoms with Gasteiger partial charge in [-0.1, -0.05) is 18.2 Å². The van der Waals surface area contributed by atoms with Gasteiger partial charge in [-0.3, -0.25) is 9.69 Å². The van der Waals surface area contributed by atoms with Crippen molar-refractivity contribution in [3.63, 3.8) is 0 Å². The van der Waals surface area contributed by atoms with E-state index in [-0.39, 0.29) is 23.8 Å². The molecule has 0 aliphatic rings. The summed E-state index contributed by atoms with van der Waals surface area (Å²) in [5.74, 6) is 0.397. The van der Waals surface area contributed by atoms with Crippen LogP contribution in [0, 0.1) is 0 Å². The van der Waals surface area contributed by atoms with Gasteiger partial charge in [0.25, 0.3) is 0 Å². The minimum atomic E-state index is -1.02. The van der Waals surface area contributed by atoms with Crippen LogP contribution in [0.2, 0.25) is 0 Å². The number of carboxylic acids is 1. The highest BCUT2D eigenvalue weighted by Gasteiger charge is 2.11. The van der Waals surface area contributed by atoms with Gasteiger partial charge >= 0.3 is 5.97 Å². The number of para-hydroxylation sites is 1. The van der Waals surface area contributed by atoms with Crippen molar-refractivity contribution in [1.29, 1.82) is 0 Å². The van der Waals surface area contributed by atoms with Crippen molar-refractivity contribution in [3.8, 4) is 17.2 Å². The zero-order chi connectivity index (χ0) is 25.2. The van der Waals surface area contributed by atoms with E-state index in [2.05, 4.69) is 5.32 Å². The SMILES string of the molecule is CN(CCCN(C)Cc1cc(C(=O)O)ccc1O)CC(=O)Nc1ccc(Oc2ccccc2)cc1. The van der Waals surface area contributed by atoms with E-state index in [4.69, 9.17) is 9.84 Å². The summed E-state index contributed by atoms with van der Waals surface area (Å²) in [6.07, 6.45) is 0.811. The average Bonchev–Trinajstić information content (AvgIpc) is 2.82. The Morgan fingerprint density at radius 3 is 2.23 bits per heavy atom. The van der Waals surface area contributed by atoms with E-state index in [0.29, 0.717) is 30.1 Å². The van der Waals surface area contributed by atoms with E-state index < -0.39 is 5.97 Å². The third kappa shape index (κ3) is 8.44. The van der Waals surface area contributed by atoms with Crippen LogP contribution >= 0.6 is 0 Å². The van der Waals surface area contributed by atoms with Crippen LogP contribution in [0.4, 0.5) is 5.69 Å². The zero-order valence-corrected chi connectivity index (χ0v) is 20.0. The Bertz CT molecular complexity index is 1120. The molecule has 0 saturated heterocycles. The maximum atomic E-state index is 12.4. The first-order valence-corrected chi connectivity index (χ1v) is 11.4. The van der Waals surface area contributed by atoms with Gasteiger partial charge in [0.15, 0.2) is 0 Å². The van der Waals surface area contributed by atoms with Gasteiger partial charge in [0, 0.05) is 17.8 Å². The third-order valence-electron chi connectivity index (χ3n) is 5.38. The number of likely N-dealkylation sites (N-methyl/N-ethyl adjacent to an activating group) is 1. The summed E-state index contributed by atoms with van der Waals surface area (Å²) in [4.78, 5) is 27.5. The molecule has 0 fully saturated rings. The number of aromatic carboxylic acids is 1. The summed E-state index contributed by atoms with van der Waals surface area (Å²) in [5.41, 5.74) is 1.42. The van der Waals surface area contributed by atoms with Crippen molar-refractivity contribution in [3.05, 3.63) is 83.9 Å². The Labute approximate surface area is 205 Å². The Morgan fingerprint density at radius 2 is 1.54 bits per heavy atom. The lowest BCUT2D eigenvalue weighted by molar-refractivity contribution is -0.117. The number of nitrogens with zero attached hydrogens (tertiary/aromatic N) is 2. The first-order chi connectivity index (χ1) is 16.8. The number of ether oxygens (including phenoxy) is 1. The van der Waals surface area contributed by atoms with Gasteiger partial charge in [0.2, 0.25) is 5.91 Å². The first-order valence-electron chi connectivity index (χ1n) is 11.4. The lowest BCUT2D eigenvalue weighted by Gasteiger charge is -2.20. The summed E-state index contributed by atoms with van der Waals surface area (Å²) in [5, 5.41) is 22.0. The van der Waals surface area contributed by atoms with E-state index in [1.807, 2.05) is 66.4 Å². The fourth-order valence-electron chi connectivity index (χ4n) is 3.58. The number of anilines is 1. The molecule has 0 aromatic heterocycles. The van der Waals surface area contributed by atoms with Crippen LogP contribution in [0.3, 0.4) is 0 Å². The molecular weight excluding hydrogens is 446 g/mol. The number of phenolic OH excluding ortho intramolecular Hbond substituents is 1. The van der Waals surface area contributed by atoms with Gasteiger partial charge in [-0.15, -0.1) is 0 Å². The second kappa shape index (κ2) is 12.5. The summed E-state index contributed by atoms with van der Waals surface area (Å²) >= 11 is 0. The van der Waals surface area contributed by atoms with Crippen LogP contribution in [-0.4, -0.2) is 65.6 Å². The lowest BCUT2D eigenvalue weighted by atomic mass is 10.1.